The second-order valence-electron chi connectivity index (χ2n) is 5.72. The van der Waals surface area contributed by atoms with Crippen molar-refractivity contribution in [3.63, 3.8) is 0 Å². The van der Waals surface area contributed by atoms with Crippen molar-refractivity contribution in [3.05, 3.63) is 59.2 Å². The van der Waals surface area contributed by atoms with Crippen LogP contribution in [0.4, 0.5) is 0 Å². The average Bonchev–Trinajstić information content (AvgIpc) is 2.77. The van der Waals surface area contributed by atoms with E-state index >= 15 is 0 Å². The number of allylic oxidation sites excluding steroid dienone is 1. The predicted molar refractivity (Wildman–Crippen MR) is 68.0 cm³/mol. The molecule has 0 amide bonds. The van der Waals surface area contributed by atoms with E-state index in [-0.39, 0.29) is 11.2 Å². The lowest BCUT2D eigenvalue weighted by Gasteiger charge is -2.32. The lowest BCUT2D eigenvalue weighted by molar-refractivity contribution is -0.00818. The summed E-state index contributed by atoms with van der Waals surface area (Å²) in [6.45, 7) is 4.40. The van der Waals surface area contributed by atoms with Crippen LogP contribution >= 0.6 is 0 Å². The molecule has 0 radical (unpaired) electrons. The first-order chi connectivity index (χ1) is 8.12. The molecule has 1 saturated heterocycles. The Hall–Kier alpha value is -1.34. The Bertz CT molecular complexity index is 569. The van der Waals surface area contributed by atoms with Gasteiger partial charge < -0.3 is 4.74 Å². The molecule has 0 aromatic heterocycles. The molecule has 1 aromatic rings. The highest BCUT2D eigenvalue weighted by Gasteiger charge is 2.57. The molecule has 0 unspecified atom stereocenters. The van der Waals surface area contributed by atoms with Gasteiger partial charge in [-0.25, -0.2) is 0 Å². The van der Waals surface area contributed by atoms with E-state index in [0.29, 0.717) is 5.92 Å². The van der Waals surface area contributed by atoms with Crippen molar-refractivity contribution in [1.29, 1.82) is 0 Å². The molecule has 1 nitrogen and oxygen atoms in total. The molecule has 4 rings (SSSR count). The lowest BCUT2D eigenvalue weighted by Crippen LogP contribution is -2.29. The van der Waals surface area contributed by atoms with Gasteiger partial charge in [0.15, 0.2) is 0 Å². The van der Waals surface area contributed by atoms with E-state index in [1.54, 1.807) is 0 Å². The first kappa shape index (κ1) is 9.67. The van der Waals surface area contributed by atoms with Gasteiger partial charge in [-0.3, -0.25) is 0 Å². The van der Waals surface area contributed by atoms with Crippen molar-refractivity contribution in [3.8, 4) is 0 Å². The van der Waals surface area contributed by atoms with Gasteiger partial charge in [-0.15, -0.1) is 0 Å². The Labute approximate surface area is 102 Å². The largest absolute Gasteiger partial charge is 0.356 e. The number of benzene rings is 1. The summed E-state index contributed by atoms with van der Waals surface area (Å²) in [6.07, 6.45) is 7.90. The molecule has 3 aliphatic rings. The number of fused-ring (bicyclic) bond motifs is 7. The first-order valence-electron chi connectivity index (χ1n) is 6.31. The molecule has 1 aromatic carbocycles. The zero-order chi connectivity index (χ0) is 11.7. The van der Waals surface area contributed by atoms with Crippen molar-refractivity contribution in [2.45, 2.75) is 37.4 Å². The molecule has 1 aliphatic carbocycles. The molecule has 86 valence electrons. The van der Waals surface area contributed by atoms with Crippen LogP contribution < -0.4 is 0 Å². The summed E-state index contributed by atoms with van der Waals surface area (Å²) >= 11 is 0. The standard InChI is InChI=1S/C16H16O/c1-15-9-10-16(2,17-15)14-12-6-4-3-5-11(12)7-8-13(14)15/h3-6,8-10,14H,7H2,1-2H3/t14-,15+,16-/m1/s1. The van der Waals surface area contributed by atoms with Crippen molar-refractivity contribution >= 4 is 0 Å². The Morgan fingerprint density at radius 1 is 1.18 bits per heavy atom. The normalized spacial score (nSPS) is 41.1. The van der Waals surface area contributed by atoms with Crippen LogP contribution in [0.1, 0.15) is 30.9 Å². The Morgan fingerprint density at radius 3 is 2.88 bits per heavy atom. The highest BCUT2D eigenvalue weighted by atomic mass is 16.5. The van der Waals surface area contributed by atoms with Gasteiger partial charge in [0.1, 0.15) is 5.60 Å². The van der Waals surface area contributed by atoms with Crippen LogP contribution in [0.5, 0.6) is 0 Å². The zero-order valence-electron chi connectivity index (χ0n) is 10.2. The molecule has 0 spiro atoms. The Kier molecular flexibility index (Phi) is 1.55. The summed E-state index contributed by atoms with van der Waals surface area (Å²) < 4.78 is 6.27. The number of rotatable bonds is 0. The summed E-state index contributed by atoms with van der Waals surface area (Å²) in [7, 11) is 0. The summed E-state index contributed by atoms with van der Waals surface area (Å²) in [5.41, 5.74) is 4.07. The third kappa shape index (κ3) is 1.03. The molecular formula is C16H16O. The highest BCUT2D eigenvalue weighted by Crippen LogP contribution is 2.59. The van der Waals surface area contributed by atoms with Crippen molar-refractivity contribution in [2.75, 3.05) is 0 Å². The summed E-state index contributed by atoms with van der Waals surface area (Å²) in [5.74, 6) is 0.419. The van der Waals surface area contributed by atoms with E-state index in [9.17, 15) is 0 Å². The molecule has 0 N–H and O–H groups in total. The van der Waals surface area contributed by atoms with Gasteiger partial charge in [-0.2, -0.15) is 0 Å². The molecule has 2 aliphatic heterocycles. The monoisotopic (exact) mass is 224 g/mol. The number of hydrogen-bond acceptors (Lipinski definition) is 1. The summed E-state index contributed by atoms with van der Waals surface area (Å²) in [6, 6.07) is 8.78. The zero-order valence-corrected chi connectivity index (χ0v) is 10.2. The van der Waals surface area contributed by atoms with Crippen LogP contribution in [0.15, 0.2) is 48.1 Å². The average molecular weight is 224 g/mol. The lowest BCUT2D eigenvalue weighted by atomic mass is 9.68. The van der Waals surface area contributed by atoms with Gasteiger partial charge in [0.25, 0.3) is 0 Å². The molecule has 17 heavy (non-hydrogen) atoms. The van der Waals surface area contributed by atoms with E-state index in [0.717, 1.165) is 6.42 Å². The van der Waals surface area contributed by atoms with Gasteiger partial charge in [0.05, 0.1) is 5.60 Å². The molecule has 3 atom stereocenters. The van der Waals surface area contributed by atoms with Crippen LogP contribution in [0.2, 0.25) is 0 Å². The molecule has 1 heteroatoms. The first-order valence-corrected chi connectivity index (χ1v) is 6.31. The Balaban J connectivity index is 1.98. The van der Waals surface area contributed by atoms with Crippen LogP contribution in [-0.4, -0.2) is 11.2 Å². The fourth-order valence-electron chi connectivity index (χ4n) is 3.77. The SMILES string of the molecule is C[C@]12C=C[C@](C)(O1)C1=CCc3ccccc3[C@H]12. The van der Waals surface area contributed by atoms with Gasteiger partial charge in [0.2, 0.25) is 0 Å². The second kappa shape index (κ2) is 2.73. The van der Waals surface area contributed by atoms with Crippen LogP contribution in [0, 0.1) is 0 Å². The maximum Gasteiger partial charge on any atom is 0.106 e. The van der Waals surface area contributed by atoms with Crippen molar-refractivity contribution in [2.24, 2.45) is 0 Å². The fraction of sp³-hybridized carbons (Fsp3) is 0.375. The minimum absolute atomic E-state index is 0.142. The van der Waals surface area contributed by atoms with Crippen LogP contribution in [0.3, 0.4) is 0 Å². The maximum absolute atomic E-state index is 6.27. The van der Waals surface area contributed by atoms with E-state index in [4.69, 9.17) is 4.74 Å². The molecule has 1 fully saturated rings. The van der Waals surface area contributed by atoms with Gasteiger partial charge >= 0.3 is 0 Å². The quantitative estimate of drug-likeness (QED) is 0.614. The van der Waals surface area contributed by atoms with Crippen molar-refractivity contribution in [1.82, 2.24) is 0 Å². The number of ether oxygens (including phenoxy) is 1. The topological polar surface area (TPSA) is 9.23 Å². The van der Waals surface area contributed by atoms with Crippen LogP contribution in [0.25, 0.3) is 0 Å². The third-order valence-corrected chi connectivity index (χ3v) is 4.53. The van der Waals surface area contributed by atoms with E-state index < -0.39 is 0 Å². The maximum atomic E-state index is 6.27. The highest BCUT2D eigenvalue weighted by molar-refractivity contribution is 5.55. The molecule has 2 heterocycles. The Morgan fingerprint density at radius 2 is 2.00 bits per heavy atom. The van der Waals surface area contributed by atoms with Crippen LogP contribution in [-0.2, 0) is 11.2 Å². The van der Waals surface area contributed by atoms with Gasteiger partial charge in [0, 0.05) is 5.92 Å². The van der Waals surface area contributed by atoms with Gasteiger partial charge in [-0.1, -0.05) is 42.5 Å². The minimum Gasteiger partial charge on any atom is -0.356 e. The number of hydrogen-bond donors (Lipinski definition) is 0. The predicted octanol–water partition coefficient (Wildman–Crippen LogP) is 3.37. The molecule has 0 saturated carbocycles. The smallest absolute Gasteiger partial charge is 0.106 e. The second-order valence-corrected chi connectivity index (χ2v) is 5.72. The van der Waals surface area contributed by atoms with E-state index in [2.05, 4.69) is 56.3 Å². The van der Waals surface area contributed by atoms with Gasteiger partial charge in [-0.05, 0) is 37.0 Å². The van der Waals surface area contributed by atoms with E-state index in [1.807, 2.05) is 0 Å². The van der Waals surface area contributed by atoms with E-state index in [1.165, 1.54) is 16.7 Å². The minimum atomic E-state index is -0.160. The van der Waals surface area contributed by atoms with Crippen molar-refractivity contribution < 1.29 is 4.74 Å². The molecule has 2 bridgehead atoms. The summed E-state index contributed by atoms with van der Waals surface area (Å²) in [4.78, 5) is 0. The third-order valence-electron chi connectivity index (χ3n) is 4.53. The summed E-state index contributed by atoms with van der Waals surface area (Å²) in [5, 5.41) is 0. The molecular weight excluding hydrogens is 208 g/mol. The fourth-order valence-corrected chi connectivity index (χ4v) is 3.77.